The highest BCUT2D eigenvalue weighted by Gasteiger charge is 2.28. The van der Waals surface area contributed by atoms with Gasteiger partial charge in [-0.1, -0.05) is 37.6 Å². The van der Waals surface area contributed by atoms with E-state index in [1.807, 2.05) is 13.8 Å². The molecule has 2 rings (SSSR count). The number of cyclic esters (lactones) is 1. The Labute approximate surface area is 117 Å². The second-order valence-electron chi connectivity index (χ2n) is 4.77. The molecular formula is C15H15ClO3. The largest absolute Gasteiger partial charge is 0.462 e. The Kier molecular flexibility index (Phi) is 4.05. The third-order valence-corrected chi connectivity index (χ3v) is 3.30. The maximum atomic E-state index is 12.2. The molecule has 19 heavy (non-hydrogen) atoms. The van der Waals surface area contributed by atoms with Crippen LogP contribution in [0.5, 0.6) is 0 Å². The molecule has 0 spiro atoms. The second kappa shape index (κ2) is 5.57. The highest BCUT2D eigenvalue weighted by molar-refractivity contribution is 6.31. The molecule has 0 fully saturated rings. The lowest BCUT2D eigenvalue weighted by Gasteiger charge is -2.20. The van der Waals surface area contributed by atoms with Crippen LogP contribution in [0.25, 0.3) is 5.57 Å². The molecule has 100 valence electrons. The van der Waals surface area contributed by atoms with Crippen LogP contribution in [0.3, 0.4) is 0 Å². The predicted molar refractivity (Wildman–Crippen MR) is 73.8 cm³/mol. The summed E-state index contributed by atoms with van der Waals surface area (Å²) in [6, 6.07) is 6.86. The van der Waals surface area contributed by atoms with E-state index >= 15 is 0 Å². The number of carbonyl (C=O) groups is 2. The minimum atomic E-state index is -0.433. The van der Waals surface area contributed by atoms with Gasteiger partial charge in [-0.3, -0.25) is 4.79 Å². The van der Waals surface area contributed by atoms with Crippen LogP contribution in [0.4, 0.5) is 0 Å². The van der Waals surface area contributed by atoms with Gasteiger partial charge in [-0.2, -0.15) is 0 Å². The van der Waals surface area contributed by atoms with Crippen molar-refractivity contribution in [1.82, 2.24) is 0 Å². The molecule has 0 bridgehead atoms. The molecule has 0 radical (unpaired) electrons. The van der Waals surface area contributed by atoms with Crippen LogP contribution in [0.1, 0.15) is 25.8 Å². The zero-order chi connectivity index (χ0) is 14.0. The van der Waals surface area contributed by atoms with Crippen LogP contribution in [0.2, 0.25) is 5.02 Å². The average molecular weight is 279 g/mol. The van der Waals surface area contributed by atoms with Crippen LogP contribution < -0.4 is 0 Å². The first-order valence-corrected chi connectivity index (χ1v) is 6.59. The van der Waals surface area contributed by atoms with Gasteiger partial charge >= 0.3 is 5.97 Å². The van der Waals surface area contributed by atoms with Gasteiger partial charge in [0.15, 0.2) is 5.78 Å². The van der Waals surface area contributed by atoms with Crippen LogP contribution in [-0.2, 0) is 14.3 Å². The second-order valence-corrected chi connectivity index (χ2v) is 5.20. The number of ether oxygens (including phenoxy) is 1. The normalized spacial score (nSPS) is 15.7. The summed E-state index contributed by atoms with van der Waals surface area (Å²) < 4.78 is 5.05. The number of hydrogen-bond acceptors (Lipinski definition) is 3. The Bertz CT molecular complexity index is 541. The fourth-order valence-electron chi connectivity index (χ4n) is 2.07. The van der Waals surface area contributed by atoms with Gasteiger partial charge in [-0.15, -0.1) is 0 Å². The van der Waals surface area contributed by atoms with Gasteiger partial charge in [0.1, 0.15) is 0 Å². The number of carbonyl (C=O) groups excluding carboxylic acids is 2. The summed E-state index contributed by atoms with van der Waals surface area (Å²) in [5, 5.41) is 0.588. The van der Waals surface area contributed by atoms with Gasteiger partial charge in [0.05, 0.1) is 12.2 Å². The van der Waals surface area contributed by atoms with Gasteiger partial charge in [-0.05, 0) is 17.7 Å². The van der Waals surface area contributed by atoms with Crippen molar-refractivity contribution in [2.75, 3.05) is 6.61 Å². The molecule has 0 saturated heterocycles. The van der Waals surface area contributed by atoms with Crippen molar-refractivity contribution >= 4 is 28.9 Å². The van der Waals surface area contributed by atoms with Gasteiger partial charge in [0.2, 0.25) is 0 Å². The van der Waals surface area contributed by atoms with E-state index in [0.29, 0.717) is 28.2 Å². The fourth-order valence-corrected chi connectivity index (χ4v) is 2.20. The number of ketones is 1. The summed E-state index contributed by atoms with van der Waals surface area (Å²) in [6.45, 7) is 3.92. The van der Waals surface area contributed by atoms with Crippen molar-refractivity contribution in [1.29, 1.82) is 0 Å². The van der Waals surface area contributed by atoms with E-state index < -0.39 is 5.97 Å². The lowest BCUT2D eigenvalue weighted by Crippen LogP contribution is -2.23. The van der Waals surface area contributed by atoms with E-state index in [4.69, 9.17) is 16.3 Å². The summed E-state index contributed by atoms with van der Waals surface area (Å²) in [4.78, 5) is 24.2. The molecule has 1 aromatic rings. The quantitative estimate of drug-likeness (QED) is 0.797. The summed E-state index contributed by atoms with van der Waals surface area (Å²) in [5.74, 6) is -0.567. The van der Waals surface area contributed by atoms with Crippen LogP contribution in [0, 0.1) is 5.92 Å². The first kappa shape index (κ1) is 13.8. The molecule has 1 aromatic carbocycles. The SMILES string of the molecule is CC(C)C(=O)C1=C(c2ccc(Cl)cc2)C(=O)OCC1. The number of Topliss-reactive ketones (excluding diaryl/α,β-unsaturated/α-hetero) is 1. The lowest BCUT2D eigenvalue weighted by atomic mass is 9.89. The third kappa shape index (κ3) is 2.87. The predicted octanol–water partition coefficient (Wildman–Crippen LogP) is 3.27. The molecule has 0 atom stereocenters. The first-order valence-electron chi connectivity index (χ1n) is 6.21. The van der Waals surface area contributed by atoms with Crippen LogP contribution in [-0.4, -0.2) is 18.4 Å². The number of rotatable bonds is 3. The minimum Gasteiger partial charge on any atom is -0.462 e. The molecule has 3 nitrogen and oxygen atoms in total. The van der Waals surface area contributed by atoms with E-state index in [1.165, 1.54) is 0 Å². The van der Waals surface area contributed by atoms with E-state index in [1.54, 1.807) is 24.3 Å². The van der Waals surface area contributed by atoms with Crippen molar-refractivity contribution in [3.63, 3.8) is 0 Å². The average Bonchev–Trinajstić information content (AvgIpc) is 2.39. The highest BCUT2D eigenvalue weighted by atomic mass is 35.5. The molecule has 1 aliphatic rings. The Hall–Kier alpha value is -1.61. The Morgan fingerprint density at radius 3 is 2.47 bits per heavy atom. The van der Waals surface area contributed by atoms with E-state index in [9.17, 15) is 9.59 Å². The number of benzene rings is 1. The topological polar surface area (TPSA) is 43.4 Å². The molecule has 4 heteroatoms. The highest BCUT2D eigenvalue weighted by Crippen LogP contribution is 2.29. The molecule has 1 aliphatic heterocycles. The molecular weight excluding hydrogens is 264 g/mol. The Balaban J connectivity index is 2.53. The van der Waals surface area contributed by atoms with Crippen LogP contribution in [0.15, 0.2) is 29.8 Å². The van der Waals surface area contributed by atoms with Crippen molar-refractivity contribution < 1.29 is 14.3 Å². The number of hydrogen-bond donors (Lipinski definition) is 0. The van der Waals surface area contributed by atoms with Gasteiger partial charge in [0, 0.05) is 22.9 Å². The van der Waals surface area contributed by atoms with Crippen molar-refractivity contribution in [3.05, 3.63) is 40.4 Å². The van der Waals surface area contributed by atoms with Crippen molar-refractivity contribution in [2.24, 2.45) is 5.92 Å². The van der Waals surface area contributed by atoms with Crippen molar-refractivity contribution in [3.8, 4) is 0 Å². The molecule has 0 aromatic heterocycles. The molecule has 1 heterocycles. The van der Waals surface area contributed by atoms with E-state index in [-0.39, 0.29) is 18.3 Å². The van der Waals surface area contributed by atoms with E-state index in [2.05, 4.69) is 0 Å². The maximum absolute atomic E-state index is 12.2. The summed E-state index contributed by atoms with van der Waals surface area (Å²) >= 11 is 5.84. The monoisotopic (exact) mass is 278 g/mol. The van der Waals surface area contributed by atoms with Gasteiger partial charge in [-0.25, -0.2) is 4.79 Å². The Morgan fingerprint density at radius 1 is 1.26 bits per heavy atom. The molecule has 0 N–H and O–H groups in total. The minimum absolute atomic E-state index is 0.00148. The standard InChI is InChI=1S/C15H15ClO3/c1-9(2)14(17)12-7-8-19-15(18)13(12)10-3-5-11(16)6-4-10/h3-6,9H,7-8H2,1-2H3. The smallest absolute Gasteiger partial charge is 0.339 e. The lowest BCUT2D eigenvalue weighted by molar-refractivity contribution is -0.138. The van der Waals surface area contributed by atoms with Crippen LogP contribution >= 0.6 is 11.6 Å². The Morgan fingerprint density at radius 2 is 1.89 bits per heavy atom. The maximum Gasteiger partial charge on any atom is 0.339 e. The molecule has 0 unspecified atom stereocenters. The van der Waals surface area contributed by atoms with Gasteiger partial charge < -0.3 is 4.74 Å². The van der Waals surface area contributed by atoms with Gasteiger partial charge in [0.25, 0.3) is 0 Å². The number of halogens is 1. The summed E-state index contributed by atoms with van der Waals surface area (Å²) in [6.07, 6.45) is 0.473. The third-order valence-electron chi connectivity index (χ3n) is 3.05. The molecule has 0 aliphatic carbocycles. The number of esters is 1. The van der Waals surface area contributed by atoms with E-state index in [0.717, 1.165) is 0 Å². The molecule has 0 saturated carbocycles. The fraction of sp³-hybridized carbons (Fsp3) is 0.333. The zero-order valence-electron chi connectivity index (χ0n) is 10.9. The zero-order valence-corrected chi connectivity index (χ0v) is 11.7. The first-order chi connectivity index (χ1) is 9.00. The summed E-state index contributed by atoms with van der Waals surface area (Å²) in [7, 11) is 0. The van der Waals surface area contributed by atoms with Crippen molar-refractivity contribution in [2.45, 2.75) is 20.3 Å². The molecule has 0 amide bonds. The summed E-state index contributed by atoms with van der Waals surface area (Å²) in [5.41, 5.74) is 1.62.